The molecule has 2 heterocycles. The van der Waals surface area contributed by atoms with Crippen molar-refractivity contribution in [2.24, 2.45) is 0 Å². The molecule has 1 N–H and O–H groups in total. The minimum atomic E-state index is -1.70. The monoisotopic (exact) mass is 300 g/mol. The molecule has 0 atom stereocenters. The molecule has 2 rings (SSSR count). The molecular formula is C13H24N2O2SSi. The van der Waals surface area contributed by atoms with Gasteiger partial charge in [0.1, 0.15) is 0 Å². The summed E-state index contributed by atoms with van der Waals surface area (Å²) in [4.78, 5) is 6.68. The third kappa shape index (κ3) is 3.37. The van der Waals surface area contributed by atoms with Crippen LogP contribution in [0.3, 0.4) is 0 Å². The number of hydrogen-bond donors (Lipinski definition) is 1. The third-order valence-electron chi connectivity index (χ3n) is 4.06. The van der Waals surface area contributed by atoms with Gasteiger partial charge in [-0.2, -0.15) is 0 Å². The molecule has 0 amide bonds. The Hall–Kier alpha value is -0.433. The van der Waals surface area contributed by atoms with Crippen molar-refractivity contribution in [1.82, 2.24) is 4.98 Å². The highest BCUT2D eigenvalue weighted by Gasteiger charge is 2.37. The zero-order valence-electron chi connectivity index (χ0n) is 12.4. The third-order valence-corrected chi connectivity index (χ3v) is 9.49. The molecule has 19 heavy (non-hydrogen) atoms. The lowest BCUT2D eigenvalue weighted by atomic mass is 10.2. The lowest BCUT2D eigenvalue weighted by Gasteiger charge is -2.36. The van der Waals surface area contributed by atoms with Crippen LogP contribution in [0, 0.1) is 0 Å². The van der Waals surface area contributed by atoms with Crippen LogP contribution >= 0.6 is 11.3 Å². The fraction of sp³-hybridized carbons (Fsp3) is 0.769. The van der Waals surface area contributed by atoms with E-state index in [1.54, 1.807) is 11.3 Å². The Morgan fingerprint density at radius 1 is 1.47 bits per heavy atom. The summed E-state index contributed by atoms with van der Waals surface area (Å²) in [7, 11) is -1.70. The largest absolute Gasteiger partial charge is 0.411 e. The van der Waals surface area contributed by atoms with Crippen molar-refractivity contribution in [3.8, 4) is 0 Å². The average molecular weight is 300 g/mol. The van der Waals surface area contributed by atoms with Gasteiger partial charge in [-0.3, -0.25) is 0 Å². The van der Waals surface area contributed by atoms with Gasteiger partial charge in [0.15, 0.2) is 13.4 Å². The van der Waals surface area contributed by atoms with E-state index in [2.05, 4.69) is 49.1 Å². The molecule has 4 nitrogen and oxygen atoms in total. The number of anilines is 1. The highest BCUT2D eigenvalue weighted by molar-refractivity contribution is 7.13. The lowest BCUT2D eigenvalue weighted by Crippen LogP contribution is -2.50. The lowest BCUT2D eigenvalue weighted by molar-refractivity contribution is 0.142. The maximum atomic E-state index is 9.30. The van der Waals surface area contributed by atoms with Crippen molar-refractivity contribution in [3.05, 3.63) is 11.1 Å². The first kappa shape index (κ1) is 15.0. The SMILES string of the molecule is CC(C)(C)[Si](C)(C)OCc1csc(N2CC(O)C2)n1. The molecule has 108 valence electrons. The predicted molar refractivity (Wildman–Crippen MR) is 82.3 cm³/mol. The molecule has 1 aromatic rings. The topological polar surface area (TPSA) is 45.6 Å². The van der Waals surface area contributed by atoms with Crippen LogP contribution in [0.4, 0.5) is 5.13 Å². The van der Waals surface area contributed by atoms with Crippen LogP contribution in [-0.2, 0) is 11.0 Å². The van der Waals surface area contributed by atoms with Crippen molar-refractivity contribution >= 4 is 24.8 Å². The summed E-state index contributed by atoms with van der Waals surface area (Å²) in [6, 6.07) is 0. The Balaban J connectivity index is 1.90. The van der Waals surface area contributed by atoms with Crippen LogP contribution in [0.1, 0.15) is 26.5 Å². The van der Waals surface area contributed by atoms with Gasteiger partial charge < -0.3 is 14.4 Å². The minimum Gasteiger partial charge on any atom is -0.411 e. The van der Waals surface area contributed by atoms with Crippen LogP contribution in [-0.4, -0.2) is 37.6 Å². The van der Waals surface area contributed by atoms with E-state index in [0.717, 1.165) is 10.8 Å². The first-order chi connectivity index (χ1) is 8.69. The van der Waals surface area contributed by atoms with Gasteiger partial charge in [-0.15, -0.1) is 11.3 Å². The second-order valence-corrected chi connectivity index (χ2v) is 12.4. The average Bonchev–Trinajstić information content (AvgIpc) is 2.69. The van der Waals surface area contributed by atoms with Gasteiger partial charge >= 0.3 is 0 Å². The van der Waals surface area contributed by atoms with Crippen LogP contribution in [0.25, 0.3) is 0 Å². The number of nitrogens with zero attached hydrogens (tertiary/aromatic N) is 2. The van der Waals surface area contributed by atoms with Crippen LogP contribution in [0.15, 0.2) is 5.38 Å². The number of β-amino-alcohol motifs (C(OH)–C–C–N with tert-alkyl or cyclic N) is 1. The maximum absolute atomic E-state index is 9.30. The fourth-order valence-corrected chi connectivity index (χ4v) is 3.36. The van der Waals surface area contributed by atoms with Gasteiger partial charge in [0.05, 0.1) is 18.4 Å². The molecule has 1 aromatic heterocycles. The van der Waals surface area contributed by atoms with Crippen LogP contribution in [0.5, 0.6) is 0 Å². The van der Waals surface area contributed by atoms with Gasteiger partial charge in [-0.05, 0) is 18.1 Å². The Morgan fingerprint density at radius 2 is 2.11 bits per heavy atom. The van der Waals surface area contributed by atoms with Gasteiger partial charge in [0.2, 0.25) is 0 Å². The molecule has 0 radical (unpaired) electrons. The molecule has 1 fully saturated rings. The van der Waals surface area contributed by atoms with Crippen molar-refractivity contribution in [1.29, 1.82) is 0 Å². The summed E-state index contributed by atoms with van der Waals surface area (Å²) in [5.41, 5.74) is 1.01. The van der Waals surface area contributed by atoms with E-state index in [9.17, 15) is 5.11 Å². The number of aromatic nitrogens is 1. The molecule has 1 aliphatic heterocycles. The van der Waals surface area contributed by atoms with Crippen LogP contribution < -0.4 is 4.90 Å². The van der Waals surface area contributed by atoms with Crippen molar-refractivity contribution < 1.29 is 9.53 Å². The van der Waals surface area contributed by atoms with Crippen LogP contribution in [0.2, 0.25) is 18.1 Å². The number of hydrogen-bond acceptors (Lipinski definition) is 5. The van der Waals surface area contributed by atoms with Crippen molar-refractivity contribution in [3.63, 3.8) is 0 Å². The molecule has 6 heteroatoms. The highest BCUT2D eigenvalue weighted by Crippen LogP contribution is 2.37. The summed E-state index contributed by atoms with van der Waals surface area (Å²) in [5.74, 6) is 0. The van der Waals surface area contributed by atoms with E-state index in [1.807, 2.05) is 0 Å². The summed E-state index contributed by atoms with van der Waals surface area (Å²) < 4.78 is 6.16. The zero-order chi connectivity index (χ0) is 14.3. The van der Waals surface area contributed by atoms with Gasteiger partial charge in [0.25, 0.3) is 0 Å². The van der Waals surface area contributed by atoms with Crippen molar-refractivity contribution in [2.75, 3.05) is 18.0 Å². The van der Waals surface area contributed by atoms with E-state index in [4.69, 9.17) is 4.43 Å². The molecule has 0 spiro atoms. The zero-order valence-corrected chi connectivity index (χ0v) is 14.3. The first-order valence-corrected chi connectivity index (χ1v) is 10.5. The molecular weight excluding hydrogens is 276 g/mol. The molecule has 1 saturated heterocycles. The minimum absolute atomic E-state index is 0.184. The van der Waals surface area contributed by atoms with E-state index in [1.165, 1.54) is 0 Å². The quantitative estimate of drug-likeness (QED) is 0.869. The predicted octanol–water partition coefficient (Wildman–Crippen LogP) is 2.85. The van der Waals surface area contributed by atoms with Crippen molar-refractivity contribution in [2.45, 2.75) is 51.6 Å². The maximum Gasteiger partial charge on any atom is 0.192 e. The van der Waals surface area contributed by atoms with Gasteiger partial charge in [0, 0.05) is 18.5 Å². The van der Waals surface area contributed by atoms with E-state index in [0.29, 0.717) is 19.7 Å². The summed E-state index contributed by atoms with van der Waals surface area (Å²) in [6.45, 7) is 13.3. The molecule has 1 aliphatic rings. The van der Waals surface area contributed by atoms with E-state index in [-0.39, 0.29) is 11.1 Å². The number of rotatable bonds is 4. The normalized spacial score (nSPS) is 17.7. The Bertz CT molecular complexity index is 436. The standard InChI is InChI=1S/C13H24N2O2SSi/c1-13(2,3)19(4,5)17-8-10-9-18-12(14-10)15-6-11(16)7-15/h9,11,16H,6-8H2,1-5H3. The van der Waals surface area contributed by atoms with Gasteiger partial charge in [-0.25, -0.2) is 4.98 Å². The second kappa shape index (κ2) is 5.16. The molecule has 0 aliphatic carbocycles. The highest BCUT2D eigenvalue weighted by atomic mass is 32.1. The molecule has 0 aromatic carbocycles. The molecule has 0 saturated carbocycles. The fourth-order valence-electron chi connectivity index (χ4n) is 1.59. The Labute approximate surface area is 120 Å². The summed E-state index contributed by atoms with van der Waals surface area (Å²) in [5, 5.41) is 12.6. The molecule has 0 bridgehead atoms. The summed E-state index contributed by atoms with van der Waals surface area (Å²) >= 11 is 1.63. The number of aliphatic hydroxyl groups excluding tert-OH is 1. The second-order valence-electron chi connectivity index (χ2n) is 6.73. The smallest absolute Gasteiger partial charge is 0.192 e. The number of thiazole rings is 1. The summed E-state index contributed by atoms with van der Waals surface area (Å²) in [6.07, 6.45) is -0.184. The Kier molecular flexibility index (Phi) is 4.06. The van der Waals surface area contributed by atoms with E-state index >= 15 is 0 Å². The van der Waals surface area contributed by atoms with Gasteiger partial charge in [-0.1, -0.05) is 20.8 Å². The Morgan fingerprint density at radius 3 is 2.63 bits per heavy atom. The number of aliphatic hydroxyl groups is 1. The molecule has 0 unspecified atom stereocenters. The first-order valence-electron chi connectivity index (χ1n) is 6.70. The van der Waals surface area contributed by atoms with E-state index < -0.39 is 8.32 Å².